The Bertz CT molecular complexity index is 1800. The number of amides is 1. The van der Waals surface area contributed by atoms with Crippen molar-refractivity contribution >= 4 is 43.0 Å². The minimum Gasteiger partial charge on any atom is -0.305 e. The SMILES string of the molecule is CCC(C)(c1cc(-c2cccc(C(C)N(C(=O)C3CC3)c3ccc(S(C)(=O)=O)cc3)c2)c2ncccc2c1)[SH](=O)=O. The van der Waals surface area contributed by atoms with E-state index in [2.05, 4.69) is 4.98 Å². The van der Waals surface area contributed by atoms with Crippen molar-refractivity contribution in [2.75, 3.05) is 11.2 Å². The highest BCUT2D eigenvalue weighted by Crippen LogP contribution is 2.40. The lowest BCUT2D eigenvalue weighted by Gasteiger charge is -2.30. The van der Waals surface area contributed by atoms with Gasteiger partial charge in [0, 0.05) is 35.0 Å². The summed E-state index contributed by atoms with van der Waals surface area (Å²) in [5.41, 5.74) is 4.70. The molecule has 4 aromatic rings. The molecule has 1 saturated carbocycles. The Kier molecular flexibility index (Phi) is 7.78. The Morgan fingerprint density at radius 2 is 1.76 bits per heavy atom. The number of aromatic nitrogens is 1. The molecule has 0 aliphatic heterocycles. The van der Waals surface area contributed by atoms with Gasteiger partial charge in [-0.25, -0.2) is 16.8 Å². The molecule has 1 fully saturated rings. The van der Waals surface area contributed by atoms with Gasteiger partial charge in [-0.3, -0.25) is 9.78 Å². The van der Waals surface area contributed by atoms with Crippen molar-refractivity contribution in [3.8, 4) is 11.1 Å². The number of pyridine rings is 1. The molecular formula is C32H34N2O5S2. The first-order valence-electron chi connectivity index (χ1n) is 13.7. The first-order chi connectivity index (χ1) is 19.4. The summed E-state index contributed by atoms with van der Waals surface area (Å²) >= 11 is 0. The van der Waals surface area contributed by atoms with Crippen molar-refractivity contribution < 1.29 is 21.6 Å². The van der Waals surface area contributed by atoms with Crippen LogP contribution in [0.2, 0.25) is 0 Å². The molecular weight excluding hydrogens is 556 g/mol. The molecule has 1 heterocycles. The Morgan fingerprint density at radius 1 is 1.05 bits per heavy atom. The molecule has 9 heteroatoms. The van der Waals surface area contributed by atoms with Crippen LogP contribution in [0.15, 0.2) is 83.9 Å². The normalized spacial score (nSPS) is 15.9. The second kappa shape index (κ2) is 11.0. The Labute approximate surface area is 243 Å². The van der Waals surface area contributed by atoms with Gasteiger partial charge in [0.15, 0.2) is 9.84 Å². The first-order valence-corrected chi connectivity index (χ1v) is 16.8. The maximum Gasteiger partial charge on any atom is 0.230 e. The molecule has 2 unspecified atom stereocenters. The molecule has 7 nitrogen and oxygen atoms in total. The average Bonchev–Trinajstić information content (AvgIpc) is 3.82. The number of rotatable bonds is 9. The highest BCUT2D eigenvalue weighted by Gasteiger charge is 2.36. The summed E-state index contributed by atoms with van der Waals surface area (Å²) in [5.74, 6) is -0.0251. The number of benzene rings is 3. The van der Waals surface area contributed by atoms with Gasteiger partial charge < -0.3 is 4.90 Å². The quantitative estimate of drug-likeness (QED) is 0.238. The number of thiol groups is 1. The van der Waals surface area contributed by atoms with Crippen LogP contribution >= 0.6 is 0 Å². The minimum absolute atomic E-state index is 0.0158. The maximum atomic E-state index is 13.5. The first kappa shape index (κ1) is 29.0. The van der Waals surface area contributed by atoms with E-state index >= 15 is 0 Å². The van der Waals surface area contributed by atoms with Gasteiger partial charge in [0.1, 0.15) is 10.7 Å². The predicted molar refractivity (Wildman–Crippen MR) is 163 cm³/mol. The lowest BCUT2D eigenvalue weighted by Crippen LogP contribution is -2.34. The monoisotopic (exact) mass is 590 g/mol. The van der Waals surface area contributed by atoms with Crippen LogP contribution < -0.4 is 4.90 Å². The number of anilines is 1. The van der Waals surface area contributed by atoms with Crippen molar-refractivity contribution in [2.24, 2.45) is 5.92 Å². The van der Waals surface area contributed by atoms with Crippen LogP contribution in [0.1, 0.15) is 57.2 Å². The summed E-state index contributed by atoms with van der Waals surface area (Å²) in [4.78, 5) is 20.1. The van der Waals surface area contributed by atoms with Crippen molar-refractivity contribution in [3.63, 3.8) is 0 Å². The molecule has 0 saturated heterocycles. The molecule has 0 spiro atoms. The largest absolute Gasteiger partial charge is 0.305 e. The van der Waals surface area contributed by atoms with Gasteiger partial charge in [-0.15, -0.1) is 0 Å². The smallest absolute Gasteiger partial charge is 0.230 e. The maximum absolute atomic E-state index is 13.5. The third-order valence-electron chi connectivity index (χ3n) is 8.19. The fourth-order valence-electron chi connectivity index (χ4n) is 5.20. The van der Waals surface area contributed by atoms with E-state index in [0.29, 0.717) is 17.7 Å². The van der Waals surface area contributed by atoms with Crippen LogP contribution in [0.25, 0.3) is 22.0 Å². The van der Waals surface area contributed by atoms with Crippen LogP contribution in [0.3, 0.4) is 0 Å². The van der Waals surface area contributed by atoms with Crippen LogP contribution in [0.5, 0.6) is 0 Å². The van der Waals surface area contributed by atoms with Gasteiger partial charge in [0.2, 0.25) is 5.91 Å². The van der Waals surface area contributed by atoms with Crippen molar-refractivity contribution in [3.05, 3.63) is 90.1 Å². The Morgan fingerprint density at radius 3 is 2.37 bits per heavy atom. The van der Waals surface area contributed by atoms with Crippen LogP contribution in [-0.2, 0) is 30.1 Å². The predicted octanol–water partition coefficient (Wildman–Crippen LogP) is 6.05. The molecule has 0 bridgehead atoms. The summed E-state index contributed by atoms with van der Waals surface area (Å²) in [6.45, 7) is 5.58. The zero-order valence-corrected chi connectivity index (χ0v) is 25.3. The van der Waals surface area contributed by atoms with Gasteiger partial charge >= 0.3 is 0 Å². The molecule has 1 amide bonds. The van der Waals surface area contributed by atoms with E-state index < -0.39 is 25.3 Å². The van der Waals surface area contributed by atoms with Crippen molar-refractivity contribution in [1.29, 1.82) is 0 Å². The zero-order chi connectivity index (χ0) is 29.5. The molecule has 1 aliphatic carbocycles. The molecule has 3 aromatic carbocycles. The third-order valence-corrected chi connectivity index (χ3v) is 10.7. The van der Waals surface area contributed by atoms with E-state index in [0.717, 1.165) is 46.7 Å². The van der Waals surface area contributed by atoms with Gasteiger partial charge in [-0.1, -0.05) is 31.2 Å². The Hall–Kier alpha value is -3.56. The average molecular weight is 591 g/mol. The number of hydrogen-bond donors (Lipinski definition) is 1. The van der Waals surface area contributed by atoms with E-state index in [1.54, 1.807) is 30.2 Å². The molecule has 214 valence electrons. The highest BCUT2D eigenvalue weighted by atomic mass is 32.2. The lowest BCUT2D eigenvalue weighted by atomic mass is 9.90. The molecule has 1 aliphatic rings. The second-order valence-electron chi connectivity index (χ2n) is 11.0. The summed E-state index contributed by atoms with van der Waals surface area (Å²) in [6.07, 6.45) is 5.00. The number of hydrogen-bond acceptors (Lipinski definition) is 6. The molecule has 41 heavy (non-hydrogen) atoms. The fourth-order valence-corrected chi connectivity index (χ4v) is 6.43. The van der Waals surface area contributed by atoms with Crippen LogP contribution in [0, 0.1) is 5.92 Å². The van der Waals surface area contributed by atoms with Gasteiger partial charge in [-0.2, -0.15) is 0 Å². The fraction of sp³-hybridized carbons (Fsp3) is 0.312. The number of carbonyl (C=O) groups is 1. The molecule has 0 radical (unpaired) electrons. The summed E-state index contributed by atoms with van der Waals surface area (Å²) in [7, 11) is -6.09. The topological polar surface area (TPSA) is 101 Å². The Balaban J connectivity index is 1.61. The lowest BCUT2D eigenvalue weighted by molar-refractivity contribution is -0.120. The zero-order valence-electron chi connectivity index (χ0n) is 23.6. The molecule has 2 atom stereocenters. The second-order valence-corrected chi connectivity index (χ2v) is 14.6. The molecule has 5 rings (SSSR count). The van der Waals surface area contributed by atoms with E-state index in [-0.39, 0.29) is 22.8 Å². The number of fused-ring (bicyclic) bond motifs is 1. The number of carbonyl (C=O) groups excluding carboxylic acids is 1. The summed E-state index contributed by atoms with van der Waals surface area (Å²) in [6, 6.07) is 21.6. The highest BCUT2D eigenvalue weighted by molar-refractivity contribution is 7.90. The van der Waals surface area contributed by atoms with Gasteiger partial charge in [0.05, 0.1) is 21.2 Å². The van der Waals surface area contributed by atoms with Gasteiger partial charge in [0.25, 0.3) is 0 Å². The molecule has 1 aromatic heterocycles. The minimum atomic E-state index is -3.37. The van der Waals surface area contributed by atoms with Crippen LogP contribution in [0.4, 0.5) is 5.69 Å². The van der Waals surface area contributed by atoms with E-state index in [1.807, 2.05) is 62.4 Å². The van der Waals surface area contributed by atoms with E-state index in [4.69, 9.17) is 0 Å². The van der Waals surface area contributed by atoms with E-state index in [1.165, 1.54) is 12.1 Å². The van der Waals surface area contributed by atoms with Crippen molar-refractivity contribution in [1.82, 2.24) is 4.98 Å². The van der Waals surface area contributed by atoms with E-state index in [9.17, 15) is 21.6 Å². The third kappa shape index (κ3) is 5.65. The van der Waals surface area contributed by atoms with Crippen LogP contribution in [-0.4, -0.2) is 34.0 Å². The number of nitrogens with zero attached hydrogens (tertiary/aromatic N) is 2. The number of sulfone groups is 1. The standard InChI is InChI=1S/C32H34N2O5S2/c1-5-32(3,40(36)37)26-19-25-10-7-17-33-30(25)29(20-26)24-9-6-8-23(18-24)21(2)34(31(35)22-11-12-22)27-13-15-28(16-14-27)41(4,38)39/h6-10,13-22,40H,5,11-12H2,1-4H3. The summed E-state index contributed by atoms with van der Waals surface area (Å²) < 4.78 is 47.7. The molecule has 0 N–H and O–H groups in total. The summed E-state index contributed by atoms with van der Waals surface area (Å²) in [5, 5.41) is 0.853. The van der Waals surface area contributed by atoms with Gasteiger partial charge in [-0.05, 0) is 98.3 Å². The van der Waals surface area contributed by atoms with Crippen molar-refractivity contribution in [2.45, 2.75) is 55.7 Å².